The number of hydrogen-bond acceptors (Lipinski definition) is 2. The lowest BCUT2D eigenvalue weighted by Crippen LogP contribution is -1.93. The van der Waals surface area contributed by atoms with Crippen molar-refractivity contribution < 1.29 is 4.39 Å². The highest BCUT2D eigenvalue weighted by molar-refractivity contribution is 9.10. The zero-order valence-corrected chi connectivity index (χ0v) is 11.4. The van der Waals surface area contributed by atoms with E-state index in [1.54, 1.807) is 18.2 Å². The Balaban J connectivity index is 2.37. The molecule has 2 aromatic rings. The molecule has 0 aliphatic heterocycles. The number of rotatable bonds is 2. The first-order valence-corrected chi connectivity index (χ1v) is 6.18. The van der Waals surface area contributed by atoms with Crippen molar-refractivity contribution in [3.05, 3.63) is 57.3 Å². The van der Waals surface area contributed by atoms with E-state index in [1.807, 2.05) is 6.07 Å². The predicted molar refractivity (Wildman–Crippen MR) is 73.5 cm³/mol. The van der Waals surface area contributed by atoms with Gasteiger partial charge in [-0.1, -0.05) is 27.5 Å². The van der Waals surface area contributed by atoms with Crippen LogP contribution in [0.3, 0.4) is 0 Å². The molecular formula is C13H7BrClFN2. The third kappa shape index (κ3) is 3.00. The highest BCUT2D eigenvalue weighted by atomic mass is 79.9. The Morgan fingerprint density at radius 1 is 1.22 bits per heavy atom. The van der Waals surface area contributed by atoms with Crippen LogP contribution in [0.15, 0.2) is 40.9 Å². The molecule has 0 heterocycles. The van der Waals surface area contributed by atoms with Crippen molar-refractivity contribution in [2.24, 2.45) is 0 Å². The van der Waals surface area contributed by atoms with Gasteiger partial charge in [0.15, 0.2) is 0 Å². The normalized spacial score (nSPS) is 9.89. The monoisotopic (exact) mass is 324 g/mol. The van der Waals surface area contributed by atoms with Gasteiger partial charge in [-0.05, 0) is 36.4 Å². The molecule has 0 aliphatic carbocycles. The molecule has 2 aromatic carbocycles. The maximum absolute atomic E-state index is 13.1. The van der Waals surface area contributed by atoms with E-state index < -0.39 is 0 Å². The summed E-state index contributed by atoms with van der Waals surface area (Å²) in [6.07, 6.45) is 0. The molecule has 2 rings (SSSR count). The molecule has 0 atom stereocenters. The third-order valence-electron chi connectivity index (χ3n) is 2.23. The Hall–Kier alpha value is -1.57. The second-order valence-electron chi connectivity index (χ2n) is 3.59. The van der Waals surface area contributed by atoms with Crippen LogP contribution in [0.1, 0.15) is 5.56 Å². The number of anilines is 2. The van der Waals surface area contributed by atoms with Gasteiger partial charge in [0, 0.05) is 10.2 Å². The van der Waals surface area contributed by atoms with Crippen LogP contribution >= 0.6 is 27.5 Å². The first kappa shape index (κ1) is 12.9. The van der Waals surface area contributed by atoms with Crippen molar-refractivity contribution in [1.29, 1.82) is 5.26 Å². The minimum Gasteiger partial charge on any atom is -0.354 e. The van der Waals surface area contributed by atoms with Crippen molar-refractivity contribution in [1.82, 2.24) is 0 Å². The van der Waals surface area contributed by atoms with Crippen LogP contribution in [-0.4, -0.2) is 0 Å². The maximum Gasteiger partial charge on any atom is 0.125 e. The minimum atomic E-state index is -0.377. The van der Waals surface area contributed by atoms with Crippen molar-refractivity contribution in [3.8, 4) is 6.07 Å². The Kier molecular flexibility index (Phi) is 3.85. The molecule has 0 saturated heterocycles. The van der Waals surface area contributed by atoms with Crippen LogP contribution in [-0.2, 0) is 0 Å². The van der Waals surface area contributed by atoms with Gasteiger partial charge in [-0.2, -0.15) is 5.26 Å². The van der Waals surface area contributed by atoms with Gasteiger partial charge >= 0.3 is 0 Å². The first-order valence-electron chi connectivity index (χ1n) is 5.01. The summed E-state index contributed by atoms with van der Waals surface area (Å²) in [6.45, 7) is 0. The fourth-order valence-electron chi connectivity index (χ4n) is 1.48. The summed E-state index contributed by atoms with van der Waals surface area (Å²) in [5, 5.41) is 12.3. The number of nitrogens with zero attached hydrogens (tertiary/aromatic N) is 1. The van der Waals surface area contributed by atoms with Crippen LogP contribution in [0.25, 0.3) is 0 Å². The van der Waals surface area contributed by atoms with E-state index in [2.05, 4.69) is 21.2 Å². The van der Waals surface area contributed by atoms with Gasteiger partial charge in [0.05, 0.1) is 22.3 Å². The number of benzene rings is 2. The van der Waals surface area contributed by atoms with Gasteiger partial charge in [-0.3, -0.25) is 0 Å². The van der Waals surface area contributed by atoms with Crippen molar-refractivity contribution in [3.63, 3.8) is 0 Å². The highest BCUT2D eigenvalue weighted by Gasteiger charge is 2.04. The minimum absolute atomic E-state index is 0.377. The summed E-state index contributed by atoms with van der Waals surface area (Å²) in [5.74, 6) is -0.377. The molecule has 2 nitrogen and oxygen atoms in total. The molecule has 0 radical (unpaired) electrons. The van der Waals surface area contributed by atoms with Gasteiger partial charge < -0.3 is 5.32 Å². The Bertz CT molecular complexity index is 637. The molecule has 0 bridgehead atoms. The Labute approximate surface area is 117 Å². The van der Waals surface area contributed by atoms with Crippen molar-refractivity contribution >= 4 is 38.9 Å². The fourth-order valence-corrected chi connectivity index (χ4v) is 2.13. The van der Waals surface area contributed by atoms with E-state index >= 15 is 0 Å². The smallest absolute Gasteiger partial charge is 0.125 e. The molecule has 0 unspecified atom stereocenters. The second-order valence-corrected chi connectivity index (χ2v) is 4.91. The lowest BCUT2D eigenvalue weighted by atomic mass is 10.2. The van der Waals surface area contributed by atoms with Gasteiger partial charge in [0.2, 0.25) is 0 Å². The molecule has 90 valence electrons. The van der Waals surface area contributed by atoms with E-state index in [0.717, 1.165) is 4.47 Å². The molecule has 0 aliphatic rings. The summed E-state index contributed by atoms with van der Waals surface area (Å²) < 4.78 is 13.9. The maximum atomic E-state index is 13.1. The van der Waals surface area contributed by atoms with E-state index in [9.17, 15) is 4.39 Å². The van der Waals surface area contributed by atoms with Gasteiger partial charge in [-0.15, -0.1) is 0 Å². The topological polar surface area (TPSA) is 35.8 Å². The van der Waals surface area contributed by atoms with Gasteiger partial charge in [0.25, 0.3) is 0 Å². The molecule has 0 saturated carbocycles. The molecule has 0 aromatic heterocycles. The standard InChI is InChI=1S/C13H7BrClFN2/c14-9-3-8(7-17)4-11(5-9)18-13-6-10(16)1-2-12(13)15/h1-6,18H. The quantitative estimate of drug-likeness (QED) is 0.856. The number of hydrogen-bond donors (Lipinski definition) is 1. The van der Waals surface area contributed by atoms with Crippen LogP contribution in [0.2, 0.25) is 5.02 Å². The number of nitriles is 1. The van der Waals surface area contributed by atoms with Crippen LogP contribution in [0, 0.1) is 17.1 Å². The van der Waals surface area contributed by atoms with E-state index in [0.29, 0.717) is 22.0 Å². The second kappa shape index (κ2) is 5.38. The predicted octanol–water partition coefficient (Wildman–Crippen LogP) is 4.86. The first-order chi connectivity index (χ1) is 8.58. The summed E-state index contributed by atoms with van der Waals surface area (Å²) in [4.78, 5) is 0. The van der Waals surface area contributed by atoms with Crippen LogP contribution in [0.5, 0.6) is 0 Å². The Morgan fingerprint density at radius 3 is 2.72 bits per heavy atom. The fraction of sp³-hybridized carbons (Fsp3) is 0. The summed E-state index contributed by atoms with van der Waals surface area (Å²) in [6, 6.07) is 11.2. The van der Waals surface area contributed by atoms with E-state index in [4.69, 9.17) is 16.9 Å². The average Bonchev–Trinajstić information content (AvgIpc) is 2.33. The summed E-state index contributed by atoms with van der Waals surface area (Å²) >= 11 is 9.26. The van der Waals surface area contributed by atoms with E-state index in [1.165, 1.54) is 18.2 Å². The van der Waals surface area contributed by atoms with Gasteiger partial charge in [-0.25, -0.2) is 4.39 Å². The molecule has 0 amide bonds. The molecule has 18 heavy (non-hydrogen) atoms. The summed E-state index contributed by atoms with van der Waals surface area (Å²) in [7, 11) is 0. The number of nitrogens with one attached hydrogen (secondary N) is 1. The SMILES string of the molecule is N#Cc1cc(Br)cc(Nc2cc(F)ccc2Cl)c1. The van der Waals surface area contributed by atoms with Crippen molar-refractivity contribution in [2.45, 2.75) is 0 Å². The average molecular weight is 326 g/mol. The third-order valence-corrected chi connectivity index (χ3v) is 3.02. The lowest BCUT2D eigenvalue weighted by molar-refractivity contribution is 0.628. The molecular weight excluding hydrogens is 319 g/mol. The zero-order chi connectivity index (χ0) is 13.1. The van der Waals surface area contributed by atoms with Crippen LogP contribution < -0.4 is 5.32 Å². The Morgan fingerprint density at radius 2 is 2.00 bits per heavy atom. The molecule has 1 N–H and O–H groups in total. The van der Waals surface area contributed by atoms with Crippen LogP contribution in [0.4, 0.5) is 15.8 Å². The summed E-state index contributed by atoms with van der Waals surface area (Å²) in [5.41, 5.74) is 1.62. The lowest BCUT2D eigenvalue weighted by Gasteiger charge is -2.09. The largest absolute Gasteiger partial charge is 0.354 e. The number of halogens is 3. The molecule has 0 spiro atoms. The van der Waals surface area contributed by atoms with E-state index in [-0.39, 0.29) is 5.82 Å². The van der Waals surface area contributed by atoms with Gasteiger partial charge in [0.1, 0.15) is 5.82 Å². The molecule has 0 fully saturated rings. The highest BCUT2D eigenvalue weighted by Crippen LogP contribution is 2.28. The molecule has 5 heteroatoms. The van der Waals surface area contributed by atoms with Crippen molar-refractivity contribution in [2.75, 3.05) is 5.32 Å². The zero-order valence-electron chi connectivity index (χ0n) is 9.05.